The Morgan fingerprint density at radius 3 is 2.73 bits per heavy atom. The van der Waals surface area contributed by atoms with Gasteiger partial charge < -0.3 is 5.11 Å². The fourth-order valence-corrected chi connectivity index (χ4v) is 3.72. The van der Waals surface area contributed by atoms with Crippen LogP contribution >= 0.6 is 24.0 Å². The zero-order valence-corrected chi connectivity index (χ0v) is 10.8. The SMILES string of the molecule is C=CCC(O)CC(=S)SC1CCCCC1. The number of hydrogen-bond acceptors (Lipinski definition) is 3. The van der Waals surface area contributed by atoms with E-state index in [0.717, 1.165) is 4.20 Å². The molecule has 0 amide bonds. The van der Waals surface area contributed by atoms with E-state index in [1.54, 1.807) is 6.08 Å². The molecular weight excluding hydrogens is 224 g/mol. The first-order chi connectivity index (χ1) is 7.22. The van der Waals surface area contributed by atoms with Crippen LogP contribution < -0.4 is 0 Å². The Hall–Kier alpha value is 0.140. The van der Waals surface area contributed by atoms with Crippen LogP contribution in [0.3, 0.4) is 0 Å². The molecule has 0 heterocycles. The van der Waals surface area contributed by atoms with Crippen LogP contribution in [0, 0.1) is 0 Å². The molecule has 0 bridgehead atoms. The average molecular weight is 244 g/mol. The van der Waals surface area contributed by atoms with Gasteiger partial charge in [0, 0.05) is 11.7 Å². The van der Waals surface area contributed by atoms with Crippen molar-refractivity contribution in [2.24, 2.45) is 0 Å². The molecule has 1 unspecified atom stereocenters. The highest BCUT2D eigenvalue weighted by Gasteiger charge is 2.16. The zero-order chi connectivity index (χ0) is 11.1. The molecule has 0 spiro atoms. The average Bonchev–Trinajstić information content (AvgIpc) is 2.19. The number of rotatable bonds is 5. The molecule has 0 aromatic rings. The molecule has 1 aliphatic rings. The second-order valence-electron chi connectivity index (χ2n) is 4.13. The predicted molar refractivity (Wildman–Crippen MR) is 72.5 cm³/mol. The molecule has 1 rings (SSSR count). The summed E-state index contributed by atoms with van der Waals surface area (Å²) in [6.07, 6.45) is 9.36. The lowest BCUT2D eigenvalue weighted by Gasteiger charge is -2.21. The highest BCUT2D eigenvalue weighted by molar-refractivity contribution is 8.23. The minimum Gasteiger partial charge on any atom is -0.392 e. The normalized spacial score (nSPS) is 19.8. The molecule has 86 valence electrons. The predicted octanol–water partition coefficient (Wildman–Crippen LogP) is 3.71. The van der Waals surface area contributed by atoms with Crippen LogP contribution in [-0.4, -0.2) is 20.7 Å². The van der Waals surface area contributed by atoms with E-state index in [2.05, 4.69) is 6.58 Å². The summed E-state index contributed by atoms with van der Waals surface area (Å²) in [5.74, 6) is 0. The quantitative estimate of drug-likeness (QED) is 0.588. The monoisotopic (exact) mass is 244 g/mol. The third-order valence-electron chi connectivity index (χ3n) is 2.69. The molecule has 15 heavy (non-hydrogen) atoms. The third-order valence-corrected chi connectivity index (χ3v) is 4.38. The van der Waals surface area contributed by atoms with Gasteiger partial charge >= 0.3 is 0 Å². The van der Waals surface area contributed by atoms with Gasteiger partial charge in [-0.05, 0) is 19.3 Å². The molecular formula is C12H20OS2. The lowest BCUT2D eigenvalue weighted by molar-refractivity contribution is 0.187. The molecule has 1 N–H and O–H groups in total. The van der Waals surface area contributed by atoms with Crippen molar-refractivity contribution in [3.8, 4) is 0 Å². The Balaban J connectivity index is 2.19. The third kappa shape index (κ3) is 5.69. The maximum Gasteiger partial charge on any atom is 0.0628 e. The van der Waals surface area contributed by atoms with E-state index in [9.17, 15) is 5.11 Å². The van der Waals surface area contributed by atoms with Gasteiger partial charge in [0.1, 0.15) is 0 Å². The summed E-state index contributed by atoms with van der Waals surface area (Å²) >= 11 is 7.11. The van der Waals surface area contributed by atoms with Crippen LogP contribution in [0.1, 0.15) is 44.9 Å². The Morgan fingerprint density at radius 2 is 2.13 bits per heavy atom. The number of aliphatic hydroxyl groups is 1. The van der Waals surface area contributed by atoms with E-state index in [1.807, 2.05) is 11.8 Å². The molecule has 3 heteroatoms. The number of hydrogen-bond donors (Lipinski definition) is 1. The Bertz CT molecular complexity index is 210. The van der Waals surface area contributed by atoms with Crippen LogP contribution in [0.5, 0.6) is 0 Å². The van der Waals surface area contributed by atoms with Gasteiger partial charge in [-0.25, -0.2) is 0 Å². The molecule has 0 aliphatic heterocycles. The summed E-state index contributed by atoms with van der Waals surface area (Å²) < 4.78 is 0.969. The van der Waals surface area contributed by atoms with E-state index in [-0.39, 0.29) is 6.10 Å². The fourth-order valence-electron chi connectivity index (χ4n) is 1.89. The summed E-state index contributed by atoms with van der Waals surface area (Å²) in [4.78, 5) is 0. The second-order valence-corrected chi connectivity index (χ2v) is 6.28. The van der Waals surface area contributed by atoms with Gasteiger partial charge in [-0.3, -0.25) is 0 Å². The van der Waals surface area contributed by atoms with Crippen molar-refractivity contribution in [1.29, 1.82) is 0 Å². The second kappa shape index (κ2) is 7.42. The lowest BCUT2D eigenvalue weighted by atomic mass is 10.0. The minimum atomic E-state index is -0.328. The summed E-state index contributed by atoms with van der Waals surface area (Å²) in [7, 11) is 0. The summed E-state index contributed by atoms with van der Waals surface area (Å²) in [5.41, 5.74) is 0. The summed E-state index contributed by atoms with van der Waals surface area (Å²) in [6, 6.07) is 0. The van der Waals surface area contributed by atoms with Crippen molar-refractivity contribution in [3.63, 3.8) is 0 Å². The molecule has 1 saturated carbocycles. The maximum atomic E-state index is 9.58. The summed E-state index contributed by atoms with van der Waals surface area (Å²) in [6.45, 7) is 3.61. The molecule has 0 aromatic heterocycles. The topological polar surface area (TPSA) is 20.2 Å². The van der Waals surface area contributed by atoms with Gasteiger partial charge in [0.05, 0.1) is 10.3 Å². The lowest BCUT2D eigenvalue weighted by Crippen LogP contribution is -2.14. The first-order valence-corrected chi connectivity index (χ1v) is 6.99. The van der Waals surface area contributed by atoms with Crippen molar-refractivity contribution in [2.45, 2.75) is 56.3 Å². The van der Waals surface area contributed by atoms with Crippen molar-refractivity contribution in [2.75, 3.05) is 0 Å². The number of aliphatic hydroxyl groups excluding tert-OH is 1. The summed E-state index contributed by atoms with van der Waals surface area (Å²) in [5, 5.41) is 10.3. The zero-order valence-electron chi connectivity index (χ0n) is 9.15. The van der Waals surface area contributed by atoms with Gasteiger partial charge in [0.2, 0.25) is 0 Å². The van der Waals surface area contributed by atoms with Crippen molar-refractivity contribution < 1.29 is 5.11 Å². The number of thiocarbonyl (C=S) groups is 1. The molecule has 1 fully saturated rings. The largest absolute Gasteiger partial charge is 0.392 e. The molecule has 0 saturated heterocycles. The Kier molecular flexibility index (Phi) is 6.53. The molecule has 0 aromatic carbocycles. The van der Waals surface area contributed by atoms with Gasteiger partial charge in [0.15, 0.2) is 0 Å². The fraction of sp³-hybridized carbons (Fsp3) is 0.750. The minimum absolute atomic E-state index is 0.328. The van der Waals surface area contributed by atoms with Crippen LogP contribution in [0.4, 0.5) is 0 Å². The molecule has 0 radical (unpaired) electrons. The van der Waals surface area contributed by atoms with E-state index < -0.39 is 0 Å². The van der Waals surface area contributed by atoms with Gasteiger partial charge in [-0.15, -0.1) is 18.3 Å². The van der Waals surface area contributed by atoms with E-state index in [0.29, 0.717) is 18.1 Å². The highest BCUT2D eigenvalue weighted by atomic mass is 32.2. The van der Waals surface area contributed by atoms with Crippen molar-refractivity contribution >= 4 is 28.2 Å². The standard InChI is InChI=1S/C12H20OS2/c1-2-6-10(13)9-12(14)15-11-7-4-3-5-8-11/h2,10-11,13H,1,3-9H2. The van der Waals surface area contributed by atoms with Crippen molar-refractivity contribution in [1.82, 2.24) is 0 Å². The van der Waals surface area contributed by atoms with E-state index >= 15 is 0 Å². The first-order valence-electron chi connectivity index (χ1n) is 5.71. The van der Waals surface area contributed by atoms with Crippen LogP contribution in [0.15, 0.2) is 12.7 Å². The van der Waals surface area contributed by atoms with Gasteiger partial charge in [-0.1, -0.05) is 37.6 Å². The molecule has 1 nitrogen and oxygen atoms in total. The molecule has 1 atom stereocenters. The van der Waals surface area contributed by atoms with E-state index in [4.69, 9.17) is 12.2 Å². The Morgan fingerprint density at radius 1 is 1.47 bits per heavy atom. The van der Waals surface area contributed by atoms with Crippen LogP contribution in [0.25, 0.3) is 0 Å². The highest BCUT2D eigenvalue weighted by Crippen LogP contribution is 2.30. The Labute approximate surface area is 102 Å². The molecule has 1 aliphatic carbocycles. The van der Waals surface area contributed by atoms with Crippen LogP contribution in [-0.2, 0) is 0 Å². The van der Waals surface area contributed by atoms with Crippen LogP contribution in [0.2, 0.25) is 0 Å². The van der Waals surface area contributed by atoms with Crippen molar-refractivity contribution in [3.05, 3.63) is 12.7 Å². The van der Waals surface area contributed by atoms with E-state index in [1.165, 1.54) is 32.1 Å². The maximum absolute atomic E-state index is 9.58. The smallest absolute Gasteiger partial charge is 0.0628 e. The first kappa shape index (κ1) is 13.2. The number of thioether (sulfide) groups is 1. The van der Waals surface area contributed by atoms with Gasteiger partial charge in [-0.2, -0.15) is 0 Å². The van der Waals surface area contributed by atoms with Gasteiger partial charge in [0.25, 0.3) is 0 Å².